The molecule has 0 unspecified atom stereocenters. The van der Waals surface area contributed by atoms with Crippen LogP contribution in [-0.4, -0.2) is 57.9 Å². The van der Waals surface area contributed by atoms with Crippen LogP contribution in [0.5, 0.6) is 0 Å². The number of cyclic esters (lactones) is 1. The smallest absolute Gasteiger partial charge is 0.340 e. The van der Waals surface area contributed by atoms with Crippen molar-refractivity contribution in [3.05, 3.63) is 71.8 Å². The van der Waals surface area contributed by atoms with E-state index < -0.39 is 46.2 Å². The Morgan fingerprint density at radius 1 is 0.976 bits per heavy atom. The Hall–Kier alpha value is -3.59. The van der Waals surface area contributed by atoms with Gasteiger partial charge in [0.2, 0.25) is 0 Å². The minimum atomic E-state index is -0.806. The van der Waals surface area contributed by atoms with Crippen LogP contribution in [-0.2, 0) is 23.7 Å². The van der Waals surface area contributed by atoms with Crippen LogP contribution >= 0.6 is 0 Å². The van der Waals surface area contributed by atoms with Gasteiger partial charge in [0.15, 0.2) is 0 Å². The first-order valence-corrected chi connectivity index (χ1v) is 14.2. The first kappa shape index (κ1) is 27.6. The van der Waals surface area contributed by atoms with Crippen molar-refractivity contribution in [1.82, 2.24) is 9.97 Å². The van der Waals surface area contributed by atoms with Crippen LogP contribution in [0.3, 0.4) is 0 Å². The van der Waals surface area contributed by atoms with Gasteiger partial charge in [0.25, 0.3) is 0 Å². The quantitative estimate of drug-likeness (QED) is 0.294. The molecule has 0 amide bonds. The van der Waals surface area contributed by atoms with Gasteiger partial charge in [-0.15, -0.1) is 0 Å². The maximum absolute atomic E-state index is 13.4. The minimum Gasteiger partial charge on any atom is -0.463 e. The average Bonchev–Trinajstić information content (AvgIpc) is 3.32. The maximum atomic E-state index is 13.4. The molecule has 3 fully saturated rings. The van der Waals surface area contributed by atoms with Crippen molar-refractivity contribution in [2.75, 3.05) is 6.61 Å². The molecule has 0 bridgehead atoms. The zero-order valence-corrected chi connectivity index (χ0v) is 23.9. The lowest BCUT2D eigenvalue weighted by molar-refractivity contribution is -0.310. The van der Waals surface area contributed by atoms with E-state index in [0.717, 1.165) is 12.0 Å². The van der Waals surface area contributed by atoms with Crippen LogP contribution < -0.4 is 0 Å². The normalized spacial score (nSPS) is 37.8. The summed E-state index contributed by atoms with van der Waals surface area (Å²) in [4.78, 5) is 47.2. The van der Waals surface area contributed by atoms with Gasteiger partial charge in [0.05, 0.1) is 23.1 Å². The molecule has 1 spiro atoms. The van der Waals surface area contributed by atoms with Crippen LogP contribution in [0.4, 0.5) is 0 Å². The predicted octanol–water partition coefficient (Wildman–Crippen LogP) is 4.86. The van der Waals surface area contributed by atoms with Gasteiger partial charge in [-0.3, -0.25) is 14.8 Å². The average molecular weight is 561 g/mol. The second-order valence-electron chi connectivity index (χ2n) is 12.7. The van der Waals surface area contributed by atoms with Crippen LogP contribution in [0.2, 0.25) is 0 Å². The minimum absolute atomic E-state index is 0.194. The second-order valence-corrected chi connectivity index (χ2v) is 12.7. The third-order valence-electron chi connectivity index (χ3n) is 10.5. The summed E-state index contributed by atoms with van der Waals surface area (Å²) >= 11 is 0. The monoisotopic (exact) mass is 560 g/mol. The molecule has 2 aromatic rings. The fraction of sp³-hybridized carbons (Fsp3) is 0.531. The van der Waals surface area contributed by atoms with Crippen molar-refractivity contribution in [3.8, 4) is 0 Å². The molecular weight excluding hydrogens is 524 g/mol. The summed E-state index contributed by atoms with van der Waals surface area (Å²) in [7, 11) is 0. The molecule has 0 aromatic carbocycles. The van der Waals surface area contributed by atoms with Gasteiger partial charge in [0, 0.05) is 54.4 Å². The van der Waals surface area contributed by atoms with Gasteiger partial charge < -0.3 is 18.9 Å². The summed E-state index contributed by atoms with van der Waals surface area (Å²) in [6, 6.07) is 6.77. The molecule has 2 aliphatic carbocycles. The van der Waals surface area contributed by atoms with Crippen LogP contribution in [0.1, 0.15) is 80.5 Å². The molecule has 7 atom stereocenters. The first-order valence-electron chi connectivity index (χ1n) is 14.2. The van der Waals surface area contributed by atoms with Gasteiger partial charge >= 0.3 is 17.9 Å². The van der Waals surface area contributed by atoms with E-state index in [9.17, 15) is 14.4 Å². The Labute approximate surface area is 239 Å². The van der Waals surface area contributed by atoms with E-state index in [4.69, 9.17) is 18.9 Å². The summed E-state index contributed by atoms with van der Waals surface area (Å²) in [6.07, 6.45) is 9.73. The standard InChI is InChI=1S/C32H36N2O7/c1-20-9-10-23(39-27(36)21-7-5-13-33-17-21)26-29(2)11-12-32(16-25(35)38-19-32)41-30(29,3)15-24(31(20,26)4)40-28(37)22-8-6-14-34-18-22/h5-9,13-14,17-18,23-24,26H,10-12,15-16,19H2,1-4H3/t23-,24+,26-,29-,30+,31-,32-/m1/s1. The van der Waals surface area contributed by atoms with E-state index in [0.29, 0.717) is 30.4 Å². The molecule has 0 radical (unpaired) electrons. The van der Waals surface area contributed by atoms with Crippen LogP contribution in [0.25, 0.3) is 0 Å². The number of carbonyl (C=O) groups is 3. The summed E-state index contributed by atoms with van der Waals surface area (Å²) in [5, 5.41) is 0. The van der Waals surface area contributed by atoms with E-state index in [-0.39, 0.29) is 24.9 Å². The van der Waals surface area contributed by atoms with Gasteiger partial charge in [-0.25, -0.2) is 9.59 Å². The molecule has 2 aliphatic heterocycles. The number of carbonyl (C=O) groups excluding carboxylic acids is 3. The molecule has 2 saturated heterocycles. The van der Waals surface area contributed by atoms with E-state index in [1.165, 1.54) is 12.4 Å². The molecule has 4 heterocycles. The third kappa shape index (κ3) is 4.36. The zero-order valence-electron chi connectivity index (χ0n) is 23.9. The number of hydrogen-bond donors (Lipinski definition) is 0. The number of ether oxygens (including phenoxy) is 4. The molecule has 1 saturated carbocycles. The molecule has 0 N–H and O–H groups in total. The largest absolute Gasteiger partial charge is 0.463 e. The summed E-state index contributed by atoms with van der Waals surface area (Å²) < 4.78 is 25.0. The Morgan fingerprint density at radius 3 is 2.22 bits per heavy atom. The molecule has 41 heavy (non-hydrogen) atoms. The third-order valence-corrected chi connectivity index (χ3v) is 10.5. The van der Waals surface area contributed by atoms with E-state index in [1.54, 1.807) is 36.7 Å². The molecule has 4 aliphatic rings. The van der Waals surface area contributed by atoms with Crippen molar-refractivity contribution < 1.29 is 33.3 Å². The van der Waals surface area contributed by atoms with Gasteiger partial charge in [0.1, 0.15) is 24.4 Å². The van der Waals surface area contributed by atoms with Crippen LogP contribution in [0.15, 0.2) is 60.7 Å². The number of hydrogen-bond acceptors (Lipinski definition) is 9. The number of esters is 3. The number of nitrogens with zero attached hydrogens (tertiary/aromatic N) is 2. The molecule has 2 aromatic heterocycles. The summed E-state index contributed by atoms with van der Waals surface area (Å²) in [5.41, 5.74) is -0.838. The SMILES string of the molecule is CC1=CC[C@@H](OC(=O)c2cccnc2)[C@H]2[C@@]1(C)[C@@H](OC(=O)c1cccnc1)C[C@]1(C)O[C@@]3(CC[C@]21C)COC(=O)C3. The second kappa shape index (κ2) is 9.76. The molecule has 9 heteroatoms. The molecular formula is C32H36N2O7. The highest BCUT2D eigenvalue weighted by Crippen LogP contribution is 2.68. The Bertz CT molecular complexity index is 1400. The Balaban J connectivity index is 1.42. The van der Waals surface area contributed by atoms with E-state index in [1.807, 2.05) is 0 Å². The fourth-order valence-electron chi connectivity index (χ4n) is 7.98. The van der Waals surface area contributed by atoms with Gasteiger partial charge in [-0.05, 0) is 51.0 Å². The van der Waals surface area contributed by atoms with Crippen LogP contribution in [0, 0.1) is 16.7 Å². The van der Waals surface area contributed by atoms with Crippen molar-refractivity contribution in [1.29, 1.82) is 0 Å². The lowest BCUT2D eigenvalue weighted by Crippen LogP contribution is -2.72. The van der Waals surface area contributed by atoms with E-state index >= 15 is 0 Å². The highest BCUT2D eigenvalue weighted by molar-refractivity contribution is 5.89. The zero-order chi connectivity index (χ0) is 29.0. The molecule has 6 rings (SSSR count). The predicted molar refractivity (Wildman–Crippen MR) is 147 cm³/mol. The molecule has 9 nitrogen and oxygen atoms in total. The topological polar surface area (TPSA) is 114 Å². The molecule has 216 valence electrons. The number of aromatic nitrogens is 2. The Morgan fingerprint density at radius 2 is 1.63 bits per heavy atom. The lowest BCUT2D eigenvalue weighted by atomic mass is 9.42. The first-order chi connectivity index (χ1) is 19.5. The summed E-state index contributed by atoms with van der Waals surface area (Å²) in [6.45, 7) is 8.64. The number of fused-ring (bicyclic) bond motifs is 3. The highest BCUT2D eigenvalue weighted by Gasteiger charge is 2.71. The van der Waals surface area contributed by atoms with Gasteiger partial charge in [-0.2, -0.15) is 0 Å². The van der Waals surface area contributed by atoms with E-state index in [2.05, 4.69) is 43.7 Å². The number of pyridine rings is 2. The maximum Gasteiger partial charge on any atom is 0.340 e. The Kier molecular flexibility index (Phi) is 6.56. The fourth-order valence-corrected chi connectivity index (χ4v) is 7.98. The summed E-state index contributed by atoms with van der Waals surface area (Å²) in [5.74, 6) is -1.43. The lowest BCUT2D eigenvalue weighted by Gasteiger charge is -2.68. The highest BCUT2D eigenvalue weighted by atomic mass is 16.6. The number of rotatable bonds is 4. The van der Waals surface area contributed by atoms with Crippen molar-refractivity contribution in [3.63, 3.8) is 0 Å². The van der Waals surface area contributed by atoms with Crippen molar-refractivity contribution in [2.45, 2.75) is 83.2 Å². The van der Waals surface area contributed by atoms with Crippen molar-refractivity contribution in [2.24, 2.45) is 16.7 Å². The van der Waals surface area contributed by atoms with Crippen molar-refractivity contribution >= 4 is 17.9 Å². The van der Waals surface area contributed by atoms with Gasteiger partial charge in [-0.1, -0.05) is 25.5 Å².